The van der Waals surface area contributed by atoms with Crippen LogP contribution in [-0.4, -0.2) is 61.6 Å². The van der Waals surface area contributed by atoms with E-state index in [2.05, 4.69) is 20.0 Å². The lowest BCUT2D eigenvalue weighted by Crippen LogP contribution is -2.23. The minimum Gasteiger partial charge on any atom is -0.475 e. The van der Waals surface area contributed by atoms with Crippen LogP contribution in [0.25, 0.3) is 11.4 Å². The van der Waals surface area contributed by atoms with Gasteiger partial charge in [0.25, 0.3) is 0 Å². The summed E-state index contributed by atoms with van der Waals surface area (Å²) in [5.41, 5.74) is 1.80. The maximum atomic E-state index is 11.7. The number of sulfone groups is 1. The third-order valence-electron chi connectivity index (χ3n) is 5.36. The van der Waals surface area contributed by atoms with Crippen molar-refractivity contribution in [3.63, 3.8) is 0 Å². The molecule has 0 spiro atoms. The molecule has 1 fully saturated rings. The lowest BCUT2D eigenvalue weighted by atomic mass is 10.2. The van der Waals surface area contributed by atoms with Crippen LogP contribution in [-0.2, 0) is 21.1 Å². The number of aromatic nitrogens is 3. The molecule has 0 saturated carbocycles. The lowest BCUT2D eigenvalue weighted by Gasteiger charge is -2.21. The van der Waals surface area contributed by atoms with Crippen molar-refractivity contribution >= 4 is 9.84 Å². The molecule has 0 radical (unpaired) electrons. The first-order valence-electron chi connectivity index (χ1n) is 10.4. The van der Waals surface area contributed by atoms with Crippen molar-refractivity contribution in [2.24, 2.45) is 0 Å². The van der Waals surface area contributed by atoms with Gasteiger partial charge in [0.1, 0.15) is 6.61 Å². The average molecular weight is 459 g/mol. The molecule has 1 saturated heterocycles. The van der Waals surface area contributed by atoms with Crippen molar-refractivity contribution in [1.29, 1.82) is 0 Å². The van der Waals surface area contributed by atoms with Crippen LogP contribution in [0.1, 0.15) is 30.3 Å². The summed E-state index contributed by atoms with van der Waals surface area (Å²) in [5.74, 6) is 1.54. The second-order valence-electron chi connectivity index (χ2n) is 7.72. The number of rotatable bonds is 9. The predicted octanol–water partition coefficient (Wildman–Crippen LogP) is 2.90. The predicted molar refractivity (Wildman–Crippen MR) is 117 cm³/mol. The monoisotopic (exact) mass is 458 g/mol. The summed E-state index contributed by atoms with van der Waals surface area (Å²) in [6.07, 6.45) is 4.81. The molecule has 0 aliphatic carbocycles. The molecule has 1 aromatic carbocycles. The molecule has 0 amide bonds. The maximum Gasteiger partial charge on any atom is 0.244 e. The Balaban J connectivity index is 1.46. The van der Waals surface area contributed by atoms with Gasteiger partial charge in [-0.25, -0.2) is 13.4 Å². The number of nitrogens with zero attached hydrogens (tertiary/aromatic N) is 4. The minimum atomic E-state index is -3.20. The van der Waals surface area contributed by atoms with Crippen molar-refractivity contribution in [1.82, 2.24) is 20.0 Å². The van der Waals surface area contributed by atoms with Crippen LogP contribution in [0.2, 0.25) is 0 Å². The Labute approximate surface area is 187 Å². The van der Waals surface area contributed by atoms with Crippen LogP contribution in [0.4, 0.5) is 0 Å². The van der Waals surface area contributed by atoms with E-state index in [0.29, 0.717) is 42.2 Å². The number of ether oxygens (including phenoxy) is 2. The van der Waals surface area contributed by atoms with E-state index in [9.17, 15) is 8.42 Å². The highest BCUT2D eigenvalue weighted by Crippen LogP contribution is 2.33. The van der Waals surface area contributed by atoms with Gasteiger partial charge in [0.15, 0.2) is 9.84 Å². The first-order chi connectivity index (χ1) is 15.4. The average Bonchev–Trinajstić information content (AvgIpc) is 3.43. The van der Waals surface area contributed by atoms with Crippen LogP contribution in [0, 0.1) is 0 Å². The van der Waals surface area contributed by atoms with Crippen molar-refractivity contribution in [3.05, 3.63) is 54.0 Å². The second kappa shape index (κ2) is 9.76. The molecule has 2 aromatic heterocycles. The molecule has 3 heterocycles. The molecular weight excluding hydrogens is 432 g/mol. The Kier molecular flexibility index (Phi) is 6.83. The van der Waals surface area contributed by atoms with Gasteiger partial charge in [0.2, 0.25) is 17.6 Å². The second-order valence-corrected chi connectivity index (χ2v) is 9.74. The first-order valence-corrected chi connectivity index (χ1v) is 12.3. The van der Waals surface area contributed by atoms with Crippen LogP contribution >= 0.6 is 0 Å². The number of pyridine rings is 1. The van der Waals surface area contributed by atoms with Gasteiger partial charge < -0.3 is 14.0 Å². The number of likely N-dealkylation sites (tertiary alicyclic amines) is 1. The van der Waals surface area contributed by atoms with Gasteiger partial charge in [0, 0.05) is 37.7 Å². The molecule has 10 heteroatoms. The standard InChI is InChI=1S/C22H26N4O5S/c1-29-12-13-30-20-14-17(9-10-23-20)21-24-22(31-25-21)19-4-3-11-26(19)15-16-5-7-18(8-6-16)32(2,27)28/h5-10,14,19H,3-4,11-13,15H2,1-2H3/t19-/m0/s1. The highest BCUT2D eigenvalue weighted by Gasteiger charge is 2.31. The lowest BCUT2D eigenvalue weighted by molar-refractivity contribution is 0.144. The van der Waals surface area contributed by atoms with Crippen molar-refractivity contribution in [2.75, 3.05) is 33.1 Å². The third-order valence-corrected chi connectivity index (χ3v) is 6.49. The Bertz CT molecular complexity index is 1150. The van der Waals surface area contributed by atoms with Crippen LogP contribution in [0.15, 0.2) is 52.0 Å². The molecule has 0 bridgehead atoms. The molecule has 1 aliphatic heterocycles. The number of methoxy groups -OCH3 is 1. The normalized spacial score (nSPS) is 17.0. The van der Waals surface area contributed by atoms with Crippen LogP contribution in [0.5, 0.6) is 5.88 Å². The van der Waals surface area contributed by atoms with E-state index in [0.717, 1.165) is 30.5 Å². The van der Waals surface area contributed by atoms with Gasteiger partial charge in [-0.1, -0.05) is 17.3 Å². The first kappa shape index (κ1) is 22.4. The molecule has 1 atom stereocenters. The molecule has 0 unspecified atom stereocenters. The fourth-order valence-electron chi connectivity index (χ4n) is 3.72. The summed E-state index contributed by atoms with van der Waals surface area (Å²) >= 11 is 0. The number of benzene rings is 1. The zero-order chi connectivity index (χ0) is 22.6. The molecular formula is C22H26N4O5S. The van der Waals surface area contributed by atoms with E-state index >= 15 is 0 Å². The van der Waals surface area contributed by atoms with Crippen molar-refractivity contribution < 1.29 is 22.4 Å². The van der Waals surface area contributed by atoms with Gasteiger partial charge in [-0.3, -0.25) is 4.90 Å². The summed E-state index contributed by atoms with van der Waals surface area (Å²) in [4.78, 5) is 11.4. The maximum absolute atomic E-state index is 11.7. The van der Waals surface area contributed by atoms with E-state index in [4.69, 9.17) is 14.0 Å². The zero-order valence-corrected chi connectivity index (χ0v) is 18.9. The highest BCUT2D eigenvalue weighted by molar-refractivity contribution is 7.90. The summed E-state index contributed by atoms with van der Waals surface area (Å²) in [7, 11) is -1.58. The van der Waals surface area contributed by atoms with Gasteiger partial charge in [-0.05, 0) is 43.1 Å². The van der Waals surface area contributed by atoms with Crippen LogP contribution in [0.3, 0.4) is 0 Å². The molecule has 170 valence electrons. The SMILES string of the molecule is COCCOc1cc(-c2noc([C@@H]3CCCN3Cc3ccc(S(C)(=O)=O)cc3)n2)ccn1. The topological polar surface area (TPSA) is 108 Å². The largest absolute Gasteiger partial charge is 0.475 e. The Morgan fingerprint density at radius 3 is 2.75 bits per heavy atom. The van der Waals surface area contributed by atoms with Crippen molar-refractivity contribution in [3.8, 4) is 17.3 Å². The fourth-order valence-corrected chi connectivity index (χ4v) is 4.35. The molecule has 0 N–H and O–H groups in total. The van der Waals surface area contributed by atoms with E-state index in [1.54, 1.807) is 31.5 Å². The fraction of sp³-hybridized carbons (Fsp3) is 0.409. The molecule has 3 aromatic rings. The Morgan fingerprint density at radius 1 is 1.19 bits per heavy atom. The van der Waals surface area contributed by atoms with Gasteiger partial charge in [-0.2, -0.15) is 4.98 Å². The van der Waals surface area contributed by atoms with Crippen molar-refractivity contribution in [2.45, 2.75) is 30.3 Å². The Hall–Kier alpha value is -2.82. The minimum absolute atomic E-state index is 0.0186. The van der Waals surface area contributed by atoms with Gasteiger partial charge in [-0.15, -0.1) is 0 Å². The summed E-state index contributed by atoms with van der Waals surface area (Å²) in [5, 5.41) is 4.16. The highest BCUT2D eigenvalue weighted by atomic mass is 32.2. The third kappa shape index (κ3) is 5.32. The quantitative estimate of drug-likeness (QED) is 0.447. The molecule has 1 aliphatic rings. The summed E-state index contributed by atoms with van der Waals surface area (Å²) in [6, 6.07) is 10.6. The molecule has 4 rings (SSSR count). The summed E-state index contributed by atoms with van der Waals surface area (Å²) < 4.78 is 39.5. The van der Waals surface area contributed by atoms with E-state index in [1.165, 1.54) is 6.26 Å². The Morgan fingerprint density at radius 2 is 2.00 bits per heavy atom. The molecule has 9 nitrogen and oxygen atoms in total. The van der Waals surface area contributed by atoms with Crippen LogP contribution < -0.4 is 4.74 Å². The van der Waals surface area contributed by atoms with Gasteiger partial charge >= 0.3 is 0 Å². The number of hydrogen-bond acceptors (Lipinski definition) is 9. The summed E-state index contributed by atoms with van der Waals surface area (Å²) in [6.45, 7) is 2.47. The van der Waals surface area contributed by atoms with Gasteiger partial charge in [0.05, 0.1) is 17.5 Å². The van der Waals surface area contributed by atoms with E-state index < -0.39 is 9.84 Å². The van der Waals surface area contributed by atoms with E-state index in [1.807, 2.05) is 18.2 Å². The smallest absolute Gasteiger partial charge is 0.244 e. The zero-order valence-electron chi connectivity index (χ0n) is 18.1. The molecule has 32 heavy (non-hydrogen) atoms. The van der Waals surface area contributed by atoms with E-state index in [-0.39, 0.29) is 6.04 Å². The number of hydrogen-bond donors (Lipinski definition) is 0.